The Morgan fingerprint density at radius 3 is 2.43 bits per heavy atom. The summed E-state index contributed by atoms with van der Waals surface area (Å²) in [5.74, 6) is 0.593. The number of benzene rings is 2. The zero-order valence-corrected chi connectivity index (χ0v) is 16.5. The lowest BCUT2D eigenvalue weighted by Gasteiger charge is -2.24. The minimum Gasteiger partial charge on any atom is -0.367 e. The van der Waals surface area contributed by atoms with Crippen LogP contribution in [0.3, 0.4) is 0 Å². The van der Waals surface area contributed by atoms with E-state index in [0.29, 0.717) is 17.9 Å². The SMILES string of the molecule is CCN(Cc1ccccc1)c1ccc(C(=O)N(C)CC(C)c2nn[nH]n2)cc1. The van der Waals surface area contributed by atoms with Crippen molar-refractivity contribution in [3.8, 4) is 0 Å². The van der Waals surface area contributed by atoms with Gasteiger partial charge in [-0.1, -0.05) is 42.5 Å². The number of nitrogens with one attached hydrogen (secondary N) is 1. The van der Waals surface area contributed by atoms with E-state index in [-0.39, 0.29) is 11.8 Å². The fourth-order valence-electron chi connectivity index (χ4n) is 3.18. The van der Waals surface area contributed by atoms with Gasteiger partial charge in [-0.25, -0.2) is 0 Å². The van der Waals surface area contributed by atoms with Crippen molar-refractivity contribution in [3.05, 3.63) is 71.5 Å². The van der Waals surface area contributed by atoms with Crippen molar-refractivity contribution in [3.63, 3.8) is 0 Å². The Kier molecular flexibility index (Phi) is 6.37. The molecule has 0 radical (unpaired) electrons. The molecule has 0 saturated heterocycles. The summed E-state index contributed by atoms with van der Waals surface area (Å²) in [4.78, 5) is 16.7. The summed E-state index contributed by atoms with van der Waals surface area (Å²) >= 11 is 0. The lowest BCUT2D eigenvalue weighted by atomic mass is 10.1. The molecule has 28 heavy (non-hydrogen) atoms. The molecule has 3 rings (SSSR count). The molecule has 1 amide bonds. The molecular formula is C21H26N6O. The van der Waals surface area contributed by atoms with Gasteiger partial charge in [0.05, 0.1) is 0 Å². The Morgan fingerprint density at radius 2 is 1.82 bits per heavy atom. The van der Waals surface area contributed by atoms with Crippen molar-refractivity contribution in [2.75, 3.05) is 25.0 Å². The first-order chi connectivity index (χ1) is 13.6. The van der Waals surface area contributed by atoms with Crippen LogP contribution in [0.5, 0.6) is 0 Å². The number of anilines is 1. The van der Waals surface area contributed by atoms with E-state index in [1.165, 1.54) is 5.56 Å². The maximum absolute atomic E-state index is 12.7. The number of hydrogen-bond donors (Lipinski definition) is 1. The number of likely N-dealkylation sites (N-methyl/N-ethyl adjacent to an activating group) is 1. The van der Waals surface area contributed by atoms with E-state index >= 15 is 0 Å². The van der Waals surface area contributed by atoms with Gasteiger partial charge in [0.2, 0.25) is 0 Å². The smallest absolute Gasteiger partial charge is 0.253 e. The summed E-state index contributed by atoms with van der Waals surface area (Å²) in [5.41, 5.74) is 3.03. The van der Waals surface area contributed by atoms with Crippen molar-refractivity contribution in [2.45, 2.75) is 26.3 Å². The Hall–Kier alpha value is -3.22. The fourth-order valence-corrected chi connectivity index (χ4v) is 3.18. The molecule has 7 nitrogen and oxygen atoms in total. The molecular weight excluding hydrogens is 352 g/mol. The third-order valence-corrected chi connectivity index (χ3v) is 4.77. The topological polar surface area (TPSA) is 78.0 Å². The van der Waals surface area contributed by atoms with E-state index in [4.69, 9.17) is 0 Å². The molecule has 2 aromatic carbocycles. The number of H-pyrrole nitrogens is 1. The van der Waals surface area contributed by atoms with Crippen LogP contribution in [0.4, 0.5) is 5.69 Å². The minimum absolute atomic E-state index is 0.00780. The highest BCUT2D eigenvalue weighted by atomic mass is 16.2. The maximum atomic E-state index is 12.7. The van der Waals surface area contributed by atoms with Crippen LogP contribution >= 0.6 is 0 Å². The van der Waals surface area contributed by atoms with Gasteiger partial charge >= 0.3 is 0 Å². The van der Waals surface area contributed by atoms with Crippen LogP contribution in [0.25, 0.3) is 0 Å². The van der Waals surface area contributed by atoms with Gasteiger partial charge < -0.3 is 9.80 Å². The monoisotopic (exact) mass is 378 g/mol. The molecule has 1 aromatic heterocycles. The number of carbonyl (C=O) groups excluding carboxylic acids is 1. The first kappa shape index (κ1) is 19.5. The number of rotatable bonds is 8. The molecule has 0 aliphatic heterocycles. The number of hydrogen-bond acceptors (Lipinski definition) is 5. The third kappa shape index (κ3) is 4.73. The highest BCUT2D eigenvalue weighted by Gasteiger charge is 2.18. The molecule has 7 heteroatoms. The summed E-state index contributed by atoms with van der Waals surface area (Å²) in [5, 5.41) is 14.0. The fraction of sp³-hybridized carbons (Fsp3) is 0.333. The van der Waals surface area contributed by atoms with Crippen molar-refractivity contribution in [1.29, 1.82) is 0 Å². The molecule has 3 aromatic rings. The second kappa shape index (κ2) is 9.12. The quantitative estimate of drug-likeness (QED) is 0.652. The van der Waals surface area contributed by atoms with E-state index in [9.17, 15) is 4.79 Å². The molecule has 1 heterocycles. The standard InChI is InChI=1S/C21H26N6O/c1-4-27(15-17-8-6-5-7-9-17)19-12-10-18(11-13-19)21(28)26(3)14-16(2)20-22-24-25-23-20/h5-13,16H,4,14-15H2,1-3H3,(H,22,23,24,25). The Bertz CT molecular complexity index is 864. The van der Waals surface area contributed by atoms with Gasteiger partial charge in [-0.15, -0.1) is 10.2 Å². The average Bonchev–Trinajstić information content (AvgIpc) is 3.27. The Morgan fingerprint density at radius 1 is 1.11 bits per heavy atom. The molecule has 1 unspecified atom stereocenters. The van der Waals surface area contributed by atoms with E-state index in [1.54, 1.807) is 11.9 Å². The number of nitrogens with zero attached hydrogens (tertiary/aromatic N) is 5. The van der Waals surface area contributed by atoms with Crippen LogP contribution in [0.2, 0.25) is 0 Å². The third-order valence-electron chi connectivity index (χ3n) is 4.77. The van der Waals surface area contributed by atoms with Gasteiger partial charge in [0.1, 0.15) is 0 Å². The largest absolute Gasteiger partial charge is 0.367 e. The van der Waals surface area contributed by atoms with Crippen molar-refractivity contribution < 1.29 is 4.79 Å². The first-order valence-electron chi connectivity index (χ1n) is 9.46. The zero-order chi connectivity index (χ0) is 19.9. The molecule has 0 spiro atoms. The van der Waals surface area contributed by atoms with Crippen LogP contribution in [-0.4, -0.2) is 51.6 Å². The lowest BCUT2D eigenvalue weighted by Crippen LogP contribution is -2.30. The molecule has 0 saturated carbocycles. The molecule has 0 bridgehead atoms. The predicted molar refractivity (Wildman–Crippen MR) is 109 cm³/mol. The molecule has 0 fully saturated rings. The maximum Gasteiger partial charge on any atom is 0.253 e. The Labute approximate surface area is 165 Å². The first-order valence-corrected chi connectivity index (χ1v) is 9.46. The molecule has 0 aliphatic rings. The van der Waals surface area contributed by atoms with E-state index in [2.05, 4.69) is 56.7 Å². The van der Waals surface area contributed by atoms with Gasteiger partial charge in [-0.2, -0.15) is 5.21 Å². The van der Waals surface area contributed by atoms with Gasteiger partial charge in [-0.05, 0) is 36.8 Å². The van der Waals surface area contributed by atoms with Crippen LogP contribution in [-0.2, 0) is 6.54 Å². The van der Waals surface area contributed by atoms with E-state index in [0.717, 1.165) is 18.8 Å². The lowest BCUT2D eigenvalue weighted by molar-refractivity contribution is 0.0787. The molecule has 1 atom stereocenters. The molecule has 146 valence electrons. The number of aromatic amines is 1. The summed E-state index contributed by atoms with van der Waals surface area (Å²) in [7, 11) is 1.79. The van der Waals surface area contributed by atoms with Crippen LogP contribution in [0, 0.1) is 0 Å². The highest BCUT2D eigenvalue weighted by Crippen LogP contribution is 2.19. The zero-order valence-electron chi connectivity index (χ0n) is 16.5. The van der Waals surface area contributed by atoms with Crippen LogP contribution < -0.4 is 4.90 Å². The number of tetrazole rings is 1. The molecule has 0 aliphatic carbocycles. The van der Waals surface area contributed by atoms with Gasteiger partial charge in [0.25, 0.3) is 5.91 Å². The second-order valence-electron chi connectivity index (χ2n) is 6.90. The minimum atomic E-state index is -0.0204. The van der Waals surface area contributed by atoms with E-state index < -0.39 is 0 Å². The van der Waals surface area contributed by atoms with Crippen molar-refractivity contribution in [1.82, 2.24) is 25.5 Å². The van der Waals surface area contributed by atoms with Crippen molar-refractivity contribution >= 4 is 11.6 Å². The van der Waals surface area contributed by atoms with Crippen LogP contribution in [0.15, 0.2) is 54.6 Å². The van der Waals surface area contributed by atoms with E-state index in [1.807, 2.05) is 37.3 Å². The summed E-state index contributed by atoms with van der Waals surface area (Å²) in [6.07, 6.45) is 0. The number of amides is 1. The molecule has 1 N–H and O–H groups in total. The van der Waals surface area contributed by atoms with Gasteiger partial charge in [0.15, 0.2) is 5.82 Å². The second-order valence-corrected chi connectivity index (χ2v) is 6.90. The summed E-state index contributed by atoms with van der Waals surface area (Å²) in [6, 6.07) is 18.2. The summed E-state index contributed by atoms with van der Waals surface area (Å²) in [6.45, 7) is 6.36. The number of aromatic nitrogens is 4. The normalized spacial score (nSPS) is 11.8. The Balaban J connectivity index is 1.64. The predicted octanol–water partition coefficient (Wildman–Crippen LogP) is 3.10. The summed E-state index contributed by atoms with van der Waals surface area (Å²) < 4.78 is 0. The average molecular weight is 378 g/mol. The van der Waals surface area contributed by atoms with Crippen LogP contribution in [0.1, 0.15) is 41.5 Å². The van der Waals surface area contributed by atoms with Crippen molar-refractivity contribution in [2.24, 2.45) is 0 Å². The number of carbonyl (C=O) groups is 1. The van der Waals surface area contributed by atoms with Gasteiger partial charge in [-0.3, -0.25) is 4.79 Å². The highest BCUT2D eigenvalue weighted by molar-refractivity contribution is 5.94. The van der Waals surface area contributed by atoms with Gasteiger partial charge in [0, 0.05) is 43.9 Å².